The van der Waals surface area contributed by atoms with Gasteiger partial charge in [0.25, 0.3) is 0 Å². The van der Waals surface area contributed by atoms with E-state index in [0.29, 0.717) is 5.92 Å². The van der Waals surface area contributed by atoms with E-state index in [9.17, 15) is 0 Å². The lowest BCUT2D eigenvalue weighted by atomic mass is 9.96. The standard InChI is InChI=1S/C20H25N3O2/c1-24-17-4-2-15(3-5-17)12-23-9-6-18-19(7-10-23)21-14-22-20(18)16-8-11-25-13-16/h2-5,14,16H,6-13H2,1H3/t16-/m0/s1. The molecule has 2 aliphatic rings. The van der Waals surface area contributed by atoms with Gasteiger partial charge in [-0.2, -0.15) is 0 Å². The third kappa shape index (κ3) is 3.67. The van der Waals surface area contributed by atoms with Crippen molar-refractivity contribution < 1.29 is 9.47 Å². The lowest BCUT2D eigenvalue weighted by Crippen LogP contribution is -2.26. The van der Waals surface area contributed by atoms with Gasteiger partial charge < -0.3 is 9.47 Å². The number of hydrogen-bond acceptors (Lipinski definition) is 5. The molecule has 2 aliphatic heterocycles. The van der Waals surface area contributed by atoms with Crippen molar-refractivity contribution in [2.45, 2.75) is 31.7 Å². The van der Waals surface area contributed by atoms with Gasteiger partial charge in [0.15, 0.2) is 0 Å². The van der Waals surface area contributed by atoms with Crippen LogP contribution in [0.15, 0.2) is 30.6 Å². The summed E-state index contributed by atoms with van der Waals surface area (Å²) in [6, 6.07) is 8.37. The quantitative estimate of drug-likeness (QED) is 0.857. The summed E-state index contributed by atoms with van der Waals surface area (Å²) >= 11 is 0. The summed E-state index contributed by atoms with van der Waals surface area (Å²) in [5.41, 5.74) is 5.15. The van der Waals surface area contributed by atoms with Crippen molar-refractivity contribution in [1.29, 1.82) is 0 Å². The summed E-state index contributed by atoms with van der Waals surface area (Å²) < 4.78 is 10.8. The van der Waals surface area contributed by atoms with Gasteiger partial charge in [0.1, 0.15) is 12.1 Å². The van der Waals surface area contributed by atoms with Crippen LogP contribution in [0.25, 0.3) is 0 Å². The van der Waals surface area contributed by atoms with Gasteiger partial charge in [-0.1, -0.05) is 12.1 Å². The molecule has 5 heteroatoms. The first-order valence-corrected chi connectivity index (χ1v) is 9.09. The maximum absolute atomic E-state index is 5.57. The first-order valence-electron chi connectivity index (χ1n) is 9.09. The number of ether oxygens (including phenoxy) is 2. The molecule has 3 heterocycles. The van der Waals surface area contributed by atoms with Crippen molar-refractivity contribution in [1.82, 2.24) is 14.9 Å². The van der Waals surface area contributed by atoms with Gasteiger partial charge in [0, 0.05) is 44.3 Å². The highest BCUT2D eigenvalue weighted by atomic mass is 16.5. The predicted molar refractivity (Wildman–Crippen MR) is 95.9 cm³/mol. The van der Waals surface area contributed by atoms with Crippen LogP contribution in [0.3, 0.4) is 0 Å². The summed E-state index contributed by atoms with van der Waals surface area (Å²) in [5.74, 6) is 1.36. The Labute approximate surface area is 149 Å². The molecule has 0 bridgehead atoms. The molecule has 2 aromatic rings. The Balaban J connectivity index is 1.46. The van der Waals surface area contributed by atoms with Crippen LogP contribution in [0.4, 0.5) is 0 Å². The van der Waals surface area contributed by atoms with E-state index in [1.165, 1.54) is 22.5 Å². The summed E-state index contributed by atoms with van der Waals surface area (Å²) in [6.45, 7) is 4.71. The number of hydrogen-bond donors (Lipinski definition) is 0. The summed E-state index contributed by atoms with van der Waals surface area (Å²) in [6.07, 6.45) is 4.84. The van der Waals surface area contributed by atoms with Crippen LogP contribution >= 0.6 is 0 Å². The average Bonchev–Trinajstić information content (AvgIpc) is 3.11. The van der Waals surface area contributed by atoms with Crippen LogP contribution in [0.1, 0.15) is 34.9 Å². The van der Waals surface area contributed by atoms with E-state index in [-0.39, 0.29) is 0 Å². The maximum Gasteiger partial charge on any atom is 0.118 e. The molecule has 1 saturated heterocycles. The molecule has 0 radical (unpaired) electrons. The van der Waals surface area contributed by atoms with Crippen molar-refractivity contribution in [2.24, 2.45) is 0 Å². The zero-order chi connectivity index (χ0) is 17.1. The highest BCUT2D eigenvalue weighted by Crippen LogP contribution is 2.29. The highest BCUT2D eigenvalue weighted by molar-refractivity contribution is 5.30. The maximum atomic E-state index is 5.57. The van der Waals surface area contributed by atoms with Gasteiger partial charge >= 0.3 is 0 Å². The number of methoxy groups -OCH3 is 1. The second-order valence-corrected chi connectivity index (χ2v) is 6.87. The van der Waals surface area contributed by atoms with E-state index in [1.807, 2.05) is 12.1 Å². The van der Waals surface area contributed by atoms with E-state index in [1.54, 1.807) is 13.4 Å². The van der Waals surface area contributed by atoms with E-state index < -0.39 is 0 Å². The first kappa shape index (κ1) is 16.5. The SMILES string of the molecule is COc1ccc(CN2CCc3ncnc([C@H]4CCOC4)c3CC2)cc1. The van der Waals surface area contributed by atoms with Crippen molar-refractivity contribution >= 4 is 0 Å². The normalized spacial score (nSPS) is 20.9. The fraction of sp³-hybridized carbons (Fsp3) is 0.500. The van der Waals surface area contributed by atoms with Gasteiger partial charge in [-0.15, -0.1) is 0 Å². The number of benzene rings is 1. The molecule has 0 N–H and O–H groups in total. The number of nitrogens with zero attached hydrogens (tertiary/aromatic N) is 3. The topological polar surface area (TPSA) is 47.5 Å². The van der Waals surface area contributed by atoms with Gasteiger partial charge in [0.2, 0.25) is 0 Å². The molecule has 0 amide bonds. The second-order valence-electron chi connectivity index (χ2n) is 6.87. The molecule has 0 unspecified atom stereocenters. The van der Waals surface area contributed by atoms with Crippen molar-refractivity contribution in [3.8, 4) is 5.75 Å². The van der Waals surface area contributed by atoms with Gasteiger partial charge in [0.05, 0.1) is 19.4 Å². The van der Waals surface area contributed by atoms with Gasteiger partial charge in [-0.25, -0.2) is 9.97 Å². The third-order valence-corrected chi connectivity index (χ3v) is 5.29. The predicted octanol–water partition coefficient (Wildman–Crippen LogP) is 2.59. The lowest BCUT2D eigenvalue weighted by Gasteiger charge is -2.20. The van der Waals surface area contributed by atoms with Crippen LogP contribution in [0.5, 0.6) is 5.75 Å². The number of fused-ring (bicyclic) bond motifs is 1. The minimum atomic E-state index is 0.449. The first-order chi connectivity index (χ1) is 12.3. The molecule has 5 nitrogen and oxygen atoms in total. The second kappa shape index (κ2) is 7.50. The highest BCUT2D eigenvalue weighted by Gasteiger charge is 2.25. The molecule has 1 fully saturated rings. The Kier molecular flexibility index (Phi) is 4.95. The number of aromatic nitrogens is 2. The Morgan fingerprint density at radius 2 is 2.00 bits per heavy atom. The Bertz CT molecular complexity index is 711. The zero-order valence-electron chi connectivity index (χ0n) is 14.8. The van der Waals surface area contributed by atoms with Crippen LogP contribution in [0, 0.1) is 0 Å². The van der Waals surface area contributed by atoms with E-state index in [4.69, 9.17) is 9.47 Å². The smallest absolute Gasteiger partial charge is 0.118 e. The summed E-state index contributed by atoms with van der Waals surface area (Å²) in [5, 5.41) is 0. The molecule has 0 aliphatic carbocycles. The Morgan fingerprint density at radius 1 is 1.16 bits per heavy atom. The number of rotatable bonds is 4. The van der Waals surface area contributed by atoms with E-state index >= 15 is 0 Å². The zero-order valence-corrected chi connectivity index (χ0v) is 14.8. The molecule has 1 aromatic carbocycles. The summed E-state index contributed by atoms with van der Waals surface area (Å²) in [4.78, 5) is 11.7. The molecular formula is C20H25N3O2. The molecule has 0 saturated carbocycles. The fourth-order valence-electron chi connectivity index (χ4n) is 3.85. The van der Waals surface area contributed by atoms with Crippen molar-refractivity contribution in [3.63, 3.8) is 0 Å². The Hall–Kier alpha value is -1.98. The molecule has 0 spiro atoms. The van der Waals surface area contributed by atoms with Crippen molar-refractivity contribution in [3.05, 3.63) is 53.1 Å². The van der Waals surface area contributed by atoms with E-state index in [2.05, 4.69) is 27.0 Å². The van der Waals surface area contributed by atoms with E-state index in [0.717, 1.165) is 57.9 Å². The molecule has 25 heavy (non-hydrogen) atoms. The molecule has 132 valence electrons. The van der Waals surface area contributed by atoms with Crippen LogP contribution in [-0.4, -0.2) is 48.3 Å². The monoisotopic (exact) mass is 339 g/mol. The fourth-order valence-corrected chi connectivity index (χ4v) is 3.85. The third-order valence-electron chi connectivity index (χ3n) is 5.29. The molecule has 1 aromatic heterocycles. The molecular weight excluding hydrogens is 314 g/mol. The van der Waals surface area contributed by atoms with Crippen LogP contribution < -0.4 is 4.74 Å². The minimum absolute atomic E-state index is 0.449. The Morgan fingerprint density at radius 3 is 2.76 bits per heavy atom. The lowest BCUT2D eigenvalue weighted by molar-refractivity contribution is 0.193. The average molecular weight is 339 g/mol. The van der Waals surface area contributed by atoms with Crippen LogP contribution in [-0.2, 0) is 24.1 Å². The van der Waals surface area contributed by atoms with Gasteiger partial charge in [-0.3, -0.25) is 4.90 Å². The van der Waals surface area contributed by atoms with Crippen molar-refractivity contribution in [2.75, 3.05) is 33.4 Å². The molecule has 4 rings (SSSR count). The minimum Gasteiger partial charge on any atom is -0.497 e. The molecule has 1 atom stereocenters. The summed E-state index contributed by atoms with van der Waals surface area (Å²) in [7, 11) is 1.70. The van der Waals surface area contributed by atoms with Gasteiger partial charge in [-0.05, 0) is 36.1 Å². The van der Waals surface area contributed by atoms with Crippen LogP contribution in [0.2, 0.25) is 0 Å². The largest absolute Gasteiger partial charge is 0.497 e.